The smallest absolute Gasteiger partial charge is 0.244 e. The number of aryl methyl sites for hydroxylation is 1. The quantitative estimate of drug-likeness (QED) is 0.920. The molecule has 21 heavy (non-hydrogen) atoms. The molecule has 1 fully saturated rings. The van der Waals surface area contributed by atoms with Gasteiger partial charge in [-0.2, -0.15) is 0 Å². The number of pyridine rings is 1. The van der Waals surface area contributed by atoms with Gasteiger partial charge in [-0.3, -0.25) is 4.79 Å². The van der Waals surface area contributed by atoms with Crippen molar-refractivity contribution in [2.75, 3.05) is 5.01 Å². The summed E-state index contributed by atoms with van der Waals surface area (Å²) in [5, 5.41) is 1.54. The van der Waals surface area contributed by atoms with Crippen molar-refractivity contribution >= 4 is 11.7 Å². The maximum Gasteiger partial charge on any atom is 0.244 e. The van der Waals surface area contributed by atoms with Crippen LogP contribution in [0.15, 0.2) is 42.6 Å². The number of rotatable bonds is 2. The van der Waals surface area contributed by atoms with Gasteiger partial charge >= 0.3 is 0 Å². The van der Waals surface area contributed by atoms with Crippen molar-refractivity contribution in [3.05, 3.63) is 48.2 Å². The molecule has 3 rings (SSSR count). The minimum atomic E-state index is -0.214. The normalized spacial score (nSPS) is 17.3. The average molecular weight is 281 g/mol. The van der Waals surface area contributed by atoms with Gasteiger partial charge in [0.15, 0.2) is 0 Å². The SMILES string of the molecule is Cc1cccc(-c2ccc(N3NC(C)(C)CC3=O)nc2)c1. The van der Waals surface area contributed by atoms with Crippen LogP contribution < -0.4 is 10.4 Å². The average Bonchev–Trinajstić information content (AvgIpc) is 2.72. The molecule has 0 radical (unpaired) electrons. The molecule has 1 aromatic carbocycles. The van der Waals surface area contributed by atoms with E-state index < -0.39 is 0 Å². The van der Waals surface area contributed by atoms with Crippen molar-refractivity contribution in [3.63, 3.8) is 0 Å². The summed E-state index contributed by atoms with van der Waals surface area (Å²) in [6.07, 6.45) is 2.29. The van der Waals surface area contributed by atoms with Crippen molar-refractivity contribution in [1.29, 1.82) is 0 Å². The van der Waals surface area contributed by atoms with Crippen LogP contribution in [0.4, 0.5) is 5.82 Å². The molecule has 1 aliphatic heterocycles. The number of hydrogen-bond acceptors (Lipinski definition) is 3. The molecule has 2 aromatic rings. The molecule has 0 aliphatic carbocycles. The molecule has 1 aliphatic rings. The number of carbonyl (C=O) groups excluding carboxylic acids is 1. The summed E-state index contributed by atoms with van der Waals surface area (Å²) in [5.41, 5.74) is 6.37. The standard InChI is InChI=1S/C17H19N3O/c1-12-5-4-6-13(9-12)14-7-8-15(18-11-14)20-16(21)10-17(2,3)19-20/h4-9,11,19H,10H2,1-3H3. The molecule has 0 bridgehead atoms. The molecular weight excluding hydrogens is 262 g/mol. The van der Waals surface area contributed by atoms with Gasteiger partial charge in [0, 0.05) is 23.7 Å². The first kappa shape index (κ1) is 13.8. The summed E-state index contributed by atoms with van der Waals surface area (Å²) in [6, 6.07) is 12.2. The lowest BCUT2D eigenvalue weighted by Gasteiger charge is -2.20. The fourth-order valence-electron chi connectivity index (χ4n) is 2.56. The number of nitrogens with zero attached hydrogens (tertiary/aromatic N) is 2. The number of amides is 1. The Kier molecular flexibility index (Phi) is 3.26. The highest BCUT2D eigenvalue weighted by atomic mass is 16.2. The molecule has 4 nitrogen and oxygen atoms in total. The van der Waals surface area contributed by atoms with Gasteiger partial charge in [-0.15, -0.1) is 0 Å². The Bertz CT molecular complexity index is 677. The van der Waals surface area contributed by atoms with Crippen molar-refractivity contribution in [3.8, 4) is 11.1 Å². The van der Waals surface area contributed by atoms with Gasteiger partial charge in [-0.1, -0.05) is 29.8 Å². The molecule has 0 saturated carbocycles. The van der Waals surface area contributed by atoms with Crippen LogP contribution in [0.25, 0.3) is 11.1 Å². The highest BCUT2D eigenvalue weighted by Crippen LogP contribution is 2.25. The predicted octanol–water partition coefficient (Wildman–Crippen LogP) is 3.08. The van der Waals surface area contributed by atoms with Gasteiger partial charge in [-0.05, 0) is 38.5 Å². The van der Waals surface area contributed by atoms with Crippen molar-refractivity contribution < 1.29 is 4.79 Å². The molecule has 108 valence electrons. The zero-order valence-electron chi connectivity index (χ0n) is 12.6. The third-order valence-corrected chi connectivity index (χ3v) is 3.59. The fourth-order valence-corrected chi connectivity index (χ4v) is 2.56. The molecule has 1 saturated heterocycles. The molecule has 0 atom stereocenters. The summed E-state index contributed by atoms with van der Waals surface area (Å²) < 4.78 is 0. The van der Waals surface area contributed by atoms with E-state index in [0.717, 1.165) is 11.1 Å². The second-order valence-electron chi connectivity index (χ2n) is 6.18. The zero-order chi connectivity index (χ0) is 15.0. The second kappa shape index (κ2) is 4.97. The third kappa shape index (κ3) is 2.81. The van der Waals surface area contributed by atoms with Crippen molar-refractivity contribution in [2.45, 2.75) is 32.7 Å². The molecule has 1 amide bonds. The van der Waals surface area contributed by atoms with Gasteiger partial charge in [0.1, 0.15) is 5.82 Å². The van der Waals surface area contributed by atoms with Crippen LogP contribution in [-0.4, -0.2) is 16.4 Å². The van der Waals surface area contributed by atoms with Crippen LogP contribution in [-0.2, 0) is 4.79 Å². The van der Waals surface area contributed by atoms with Crippen LogP contribution in [0.3, 0.4) is 0 Å². The van der Waals surface area contributed by atoms with E-state index in [1.807, 2.05) is 38.2 Å². The van der Waals surface area contributed by atoms with Gasteiger partial charge in [0.2, 0.25) is 5.91 Å². The van der Waals surface area contributed by atoms with Gasteiger partial charge in [0.25, 0.3) is 0 Å². The Morgan fingerprint density at radius 3 is 2.57 bits per heavy atom. The number of carbonyl (C=O) groups is 1. The molecular formula is C17H19N3O. The minimum absolute atomic E-state index is 0.0517. The van der Waals surface area contributed by atoms with Crippen molar-refractivity contribution in [2.24, 2.45) is 0 Å². The minimum Gasteiger partial charge on any atom is -0.273 e. The first-order valence-corrected chi connectivity index (χ1v) is 7.08. The summed E-state index contributed by atoms with van der Waals surface area (Å²) in [4.78, 5) is 16.4. The third-order valence-electron chi connectivity index (χ3n) is 3.59. The first-order chi connectivity index (χ1) is 9.94. The first-order valence-electron chi connectivity index (χ1n) is 7.08. The summed E-state index contributed by atoms with van der Waals surface area (Å²) in [6.45, 7) is 6.08. The van der Waals surface area contributed by atoms with E-state index in [9.17, 15) is 4.79 Å². The number of anilines is 1. The molecule has 2 heterocycles. The topological polar surface area (TPSA) is 45.2 Å². The van der Waals surface area contributed by atoms with E-state index in [1.54, 1.807) is 5.01 Å². The van der Waals surface area contributed by atoms with E-state index in [-0.39, 0.29) is 11.4 Å². The zero-order valence-corrected chi connectivity index (χ0v) is 12.6. The lowest BCUT2D eigenvalue weighted by atomic mass is 10.0. The van der Waals surface area contributed by atoms with E-state index in [4.69, 9.17) is 0 Å². The molecule has 1 aromatic heterocycles. The summed E-state index contributed by atoms with van der Waals surface area (Å²) >= 11 is 0. The van der Waals surface area contributed by atoms with Crippen LogP contribution in [0.1, 0.15) is 25.8 Å². The molecule has 0 spiro atoms. The lowest BCUT2D eigenvalue weighted by Crippen LogP contribution is -2.42. The van der Waals surface area contributed by atoms with Crippen LogP contribution in [0.5, 0.6) is 0 Å². The van der Waals surface area contributed by atoms with Crippen molar-refractivity contribution in [1.82, 2.24) is 10.4 Å². The molecule has 0 unspecified atom stereocenters. The number of aromatic nitrogens is 1. The van der Waals surface area contributed by atoms with Gasteiger partial charge < -0.3 is 0 Å². The van der Waals surface area contributed by atoms with Crippen LogP contribution in [0.2, 0.25) is 0 Å². The van der Waals surface area contributed by atoms with Crippen LogP contribution >= 0.6 is 0 Å². The highest BCUT2D eigenvalue weighted by Gasteiger charge is 2.36. The maximum atomic E-state index is 12.0. The Labute approximate surface area is 124 Å². The number of hydrogen-bond donors (Lipinski definition) is 1. The Balaban J connectivity index is 1.87. The molecule has 1 N–H and O–H groups in total. The Morgan fingerprint density at radius 1 is 1.19 bits per heavy atom. The Morgan fingerprint density at radius 2 is 2.00 bits per heavy atom. The molecule has 4 heteroatoms. The van der Waals surface area contributed by atoms with E-state index in [1.165, 1.54) is 5.56 Å². The van der Waals surface area contributed by atoms with E-state index in [0.29, 0.717) is 12.2 Å². The highest BCUT2D eigenvalue weighted by molar-refractivity contribution is 5.94. The second-order valence-corrected chi connectivity index (χ2v) is 6.18. The number of nitrogens with one attached hydrogen (secondary N) is 1. The van der Waals surface area contributed by atoms with Gasteiger partial charge in [0.05, 0.1) is 0 Å². The van der Waals surface area contributed by atoms with Gasteiger partial charge in [-0.25, -0.2) is 15.4 Å². The maximum absolute atomic E-state index is 12.0. The summed E-state index contributed by atoms with van der Waals surface area (Å²) in [5.74, 6) is 0.692. The summed E-state index contributed by atoms with van der Waals surface area (Å²) in [7, 11) is 0. The fraction of sp³-hybridized carbons (Fsp3) is 0.294. The monoisotopic (exact) mass is 281 g/mol. The lowest BCUT2D eigenvalue weighted by molar-refractivity contribution is -0.117. The van der Waals surface area contributed by atoms with E-state index >= 15 is 0 Å². The van der Waals surface area contributed by atoms with E-state index in [2.05, 4.69) is 35.5 Å². The van der Waals surface area contributed by atoms with Crippen LogP contribution in [0, 0.1) is 6.92 Å². The Hall–Kier alpha value is -2.20. The number of benzene rings is 1. The number of hydrazine groups is 1. The predicted molar refractivity (Wildman–Crippen MR) is 83.7 cm³/mol. The largest absolute Gasteiger partial charge is 0.273 e.